The lowest BCUT2D eigenvalue weighted by Crippen LogP contribution is -2.16. The predicted octanol–water partition coefficient (Wildman–Crippen LogP) is 1.22. The molecule has 0 saturated heterocycles. The van der Waals surface area contributed by atoms with E-state index in [1.54, 1.807) is 6.26 Å². The van der Waals surface area contributed by atoms with Gasteiger partial charge in [-0.1, -0.05) is 13.8 Å². The van der Waals surface area contributed by atoms with Gasteiger partial charge < -0.3 is 4.84 Å². The Morgan fingerprint density at radius 2 is 2.38 bits per heavy atom. The van der Waals surface area contributed by atoms with Crippen LogP contribution in [0.4, 0.5) is 0 Å². The van der Waals surface area contributed by atoms with Crippen molar-refractivity contribution >= 4 is 0 Å². The highest BCUT2D eigenvalue weighted by atomic mass is 16.6. The van der Waals surface area contributed by atoms with Crippen LogP contribution in [-0.4, -0.2) is 0 Å². The van der Waals surface area contributed by atoms with E-state index >= 15 is 0 Å². The van der Waals surface area contributed by atoms with Gasteiger partial charge in [0.25, 0.3) is 0 Å². The molecule has 0 fully saturated rings. The maximum Gasteiger partial charge on any atom is 0.109 e. The highest BCUT2D eigenvalue weighted by Gasteiger charge is 2.13. The van der Waals surface area contributed by atoms with Gasteiger partial charge in [-0.2, -0.15) is 0 Å². The standard InChI is InChI=1S/C6H10NO/c1-5(2)6-3-4-8-7-6/h3-5,7H,1-2H3. The average molecular weight is 112 g/mol. The zero-order valence-corrected chi connectivity index (χ0v) is 5.14. The Morgan fingerprint density at radius 1 is 1.62 bits per heavy atom. The second-order valence-corrected chi connectivity index (χ2v) is 2.13. The first-order valence-electron chi connectivity index (χ1n) is 2.76. The molecule has 0 saturated carbocycles. The summed E-state index contributed by atoms with van der Waals surface area (Å²) in [4.78, 5) is 4.75. The van der Waals surface area contributed by atoms with Gasteiger partial charge in [-0.3, -0.25) is 0 Å². The minimum Gasteiger partial charge on any atom is -0.416 e. The topological polar surface area (TPSA) is 21.3 Å². The van der Waals surface area contributed by atoms with E-state index < -0.39 is 0 Å². The normalized spacial score (nSPS) is 19.9. The van der Waals surface area contributed by atoms with E-state index in [0.717, 1.165) is 6.04 Å². The van der Waals surface area contributed by atoms with Gasteiger partial charge >= 0.3 is 0 Å². The Kier molecular flexibility index (Phi) is 1.53. The minimum atomic E-state index is 0.536. The third kappa shape index (κ3) is 1.01. The molecule has 1 rings (SSSR count). The third-order valence-corrected chi connectivity index (χ3v) is 1.11. The second-order valence-electron chi connectivity index (χ2n) is 2.13. The monoisotopic (exact) mass is 112 g/mol. The molecule has 2 heteroatoms. The molecule has 0 spiro atoms. The molecule has 1 heterocycles. The fourth-order valence-corrected chi connectivity index (χ4v) is 0.554. The van der Waals surface area contributed by atoms with Crippen LogP contribution >= 0.6 is 0 Å². The Hall–Kier alpha value is -0.500. The fraction of sp³-hybridized carbons (Fsp3) is 0.500. The Labute approximate surface area is 49.5 Å². The predicted molar refractivity (Wildman–Crippen MR) is 31.4 cm³/mol. The summed E-state index contributed by atoms with van der Waals surface area (Å²) in [6.45, 7) is 4.22. The van der Waals surface area contributed by atoms with Gasteiger partial charge in [0.15, 0.2) is 0 Å². The van der Waals surface area contributed by atoms with Gasteiger partial charge in [-0.25, -0.2) is 0 Å². The quantitative estimate of drug-likeness (QED) is 0.550. The third-order valence-electron chi connectivity index (χ3n) is 1.11. The van der Waals surface area contributed by atoms with E-state index in [2.05, 4.69) is 19.3 Å². The van der Waals surface area contributed by atoms with Crippen LogP contribution in [0.3, 0.4) is 0 Å². The number of hydroxylamine groups is 1. The molecule has 1 aliphatic heterocycles. The first kappa shape index (κ1) is 5.63. The lowest BCUT2D eigenvalue weighted by Gasteiger charge is -2.08. The molecule has 0 amide bonds. The molecule has 1 N–H and O–H groups in total. The lowest BCUT2D eigenvalue weighted by molar-refractivity contribution is 0.159. The number of hydrogen-bond acceptors (Lipinski definition) is 2. The van der Waals surface area contributed by atoms with Crippen molar-refractivity contribution in [2.24, 2.45) is 5.92 Å². The lowest BCUT2D eigenvalue weighted by atomic mass is 10.1. The van der Waals surface area contributed by atoms with Crippen molar-refractivity contribution in [3.63, 3.8) is 0 Å². The molecule has 0 unspecified atom stereocenters. The first-order valence-corrected chi connectivity index (χ1v) is 2.76. The van der Waals surface area contributed by atoms with Gasteiger partial charge in [-0.15, -0.1) is 5.48 Å². The van der Waals surface area contributed by atoms with Gasteiger partial charge in [0.1, 0.15) is 12.3 Å². The van der Waals surface area contributed by atoms with Gasteiger partial charge in [0.2, 0.25) is 0 Å². The number of hydrogen-bond donors (Lipinski definition) is 1. The van der Waals surface area contributed by atoms with Crippen molar-refractivity contribution in [1.29, 1.82) is 0 Å². The number of rotatable bonds is 1. The molecule has 0 aromatic rings. The molecule has 0 aromatic carbocycles. The summed E-state index contributed by atoms with van der Waals surface area (Å²) in [5.41, 5.74) is 2.76. The maximum atomic E-state index is 4.75. The van der Waals surface area contributed by atoms with E-state index in [1.165, 1.54) is 0 Å². The van der Waals surface area contributed by atoms with Crippen molar-refractivity contribution in [3.8, 4) is 0 Å². The van der Waals surface area contributed by atoms with Crippen LogP contribution in [0.25, 0.3) is 0 Å². The Bertz CT molecular complexity index is 98.7. The molecule has 0 bridgehead atoms. The summed E-state index contributed by atoms with van der Waals surface area (Å²) in [5, 5.41) is 0. The van der Waals surface area contributed by atoms with Crippen LogP contribution in [-0.2, 0) is 4.84 Å². The molecule has 0 atom stereocenters. The summed E-state index contributed by atoms with van der Waals surface area (Å²) >= 11 is 0. The Morgan fingerprint density at radius 3 is 2.62 bits per heavy atom. The van der Waals surface area contributed by atoms with Crippen LogP contribution in [0.15, 0.2) is 12.3 Å². The average Bonchev–Trinajstić information content (AvgIpc) is 2.12. The summed E-state index contributed by atoms with van der Waals surface area (Å²) < 4.78 is 0. The van der Waals surface area contributed by atoms with Crippen molar-refractivity contribution in [1.82, 2.24) is 5.48 Å². The molecule has 45 valence electrons. The molecule has 0 aromatic heterocycles. The van der Waals surface area contributed by atoms with Crippen LogP contribution in [0, 0.1) is 12.0 Å². The molecule has 8 heavy (non-hydrogen) atoms. The van der Waals surface area contributed by atoms with Gasteiger partial charge in [0.05, 0.1) is 0 Å². The van der Waals surface area contributed by atoms with E-state index in [-0.39, 0.29) is 0 Å². The molecule has 2 nitrogen and oxygen atoms in total. The molecule has 1 radical (unpaired) electrons. The summed E-state index contributed by atoms with van der Waals surface area (Å²) in [6.07, 6.45) is 3.58. The first-order chi connectivity index (χ1) is 3.80. The van der Waals surface area contributed by atoms with Crippen molar-refractivity contribution < 1.29 is 4.84 Å². The highest BCUT2D eigenvalue weighted by Crippen LogP contribution is 2.14. The Balaban J connectivity index is 2.36. The summed E-state index contributed by atoms with van der Waals surface area (Å²) in [5.74, 6) is 0.536. The van der Waals surface area contributed by atoms with Crippen molar-refractivity contribution in [3.05, 3.63) is 18.4 Å². The smallest absolute Gasteiger partial charge is 0.109 e. The molecule has 0 aliphatic carbocycles. The molecular weight excluding hydrogens is 102 g/mol. The van der Waals surface area contributed by atoms with Crippen LogP contribution in [0.5, 0.6) is 0 Å². The van der Waals surface area contributed by atoms with Gasteiger partial charge in [-0.05, 0) is 12.0 Å². The van der Waals surface area contributed by atoms with Crippen molar-refractivity contribution in [2.45, 2.75) is 13.8 Å². The van der Waals surface area contributed by atoms with Crippen LogP contribution in [0.2, 0.25) is 0 Å². The fourth-order valence-electron chi connectivity index (χ4n) is 0.554. The minimum absolute atomic E-state index is 0.536. The largest absolute Gasteiger partial charge is 0.416 e. The van der Waals surface area contributed by atoms with Crippen LogP contribution < -0.4 is 5.48 Å². The number of nitrogens with one attached hydrogen (secondary N) is 1. The SMILES string of the molecule is CC(C)[C]1C=CON1. The molecule has 1 aliphatic rings. The van der Waals surface area contributed by atoms with Crippen molar-refractivity contribution in [2.75, 3.05) is 0 Å². The summed E-state index contributed by atoms with van der Waals surface area (Å²) in [6, 6.07) is 1.14. The second kappa shape index (κ2) is 2.18. The zero-order valence-electron chi connectivity index (χ0n) is 5.14. The highest BCUT2D eigenvalue weighted by molar-refractivity contribution is 5.09. The maximum absolute atomic E-state index is 4.75. The zero-order chi connectivity index (χ0) is 5.98. The van der Waals surface area contributed by atoms with E-state index in [0.29, 0.717) is 5.92 Å². The van der Waals surface area contributed by atoms with E-state index in [1.807, 2.05) is 6.08 Å². The van der Waals surface area contributed by atoms with Gasteiger partial charge in [0, 0.05) is 0 Å². The van der Waals surface area contributed by atoms with E-state index in [9.17, 15) is 0 Å². The summed E-state index contributed by atoms with van der Waals surface area (Å²) in [7, 11) is 0. The van der Waals surface area contributed by atoms with E-state index in [4.69, 9.17) is 4.84 Å². The molecular formula is C6H10NO. The van der Waals surface area contributed by atoms with Crippen LogP contribution in [0.1, 0.15) is 13.8 Å².